The minimum absolute atomic E-state index is 0.0613. The molecular formula is C18H24N4O3. The van der Waals surface area contributed by atoms with Crippen molar-refractivity contribution in [2.45, 2.75) is 46.7 Å². The number of carbonyl (C=O) groups excluding carboxylic acids is 1. The molecule has 0 bridgehead atoms. The first-order valence-electron chi connectivity index (χ1n) is 8.20. The highest BCUT2D eigenvalue weighted by Crippen LogP contribution is 2.15. The van der Waals surface area contributed by atoms with Crippen molar-refractivity contribution in [3.05, 3.63) is 62.2 Å². The lowest BCUT2D eigenvalue weighted by atomic mass is 10.0. The predicted octanol–water partition coefficient (Wildman–Crippen LogP) is 1.56. The number of pyridine rings is 1. The number of amides is 1. The Hall–Kier alpha value is -2.70. The zero-order valence-corrected chi connectivity index (χ0v) is 15.2. The molecule has 0 saturated carbocycles. The second kappa shape index (κ2) is 7.04. The lowest BCUT2D eigenvalue weighted by Gasteiger charge is -2.25. The van der Waals surface area contributed by atoms with Gasteiger partial charge in [-0.2, -0.15) is 0 Å². The molecule has 0 aliphatic heterocycles. The number of nitrogens with one attached hydrogen (secondary N) is 2. The van der Waals surface area contributed by atoms with Gasteiger partial charge in [0.05, 0.1) is 5.54 Å². The summed E-state index contributed by atoms with van der Waals surface area (Å²) in [6, 6.07) is 4.55. The molecule has 1 amide bonds. The Bertz CT molecular complexity index is 894. The molecule has 0 fully saturated rings. The standard InChI is InChI=1S/C18H24N4O3/c1-11(2)10-22-8-6-7-13(16(22)25)15(24)21-18(4,5)17-19-12(3)9-14(23)20-17/h6-9,11H,10H2,1-5H3,(H,21,24)(H,19,20,23). The van der Waals surface area contributed by atoms with Crippen LogP contribution in [0.3, 0.4) is 0 Å². The molecule has 2 aromatic heterocycles. The molecule has 7 nitrogen and oxygen atoms in total. The molecule has 0 atom stereocenters. The van der Waals surface area contributed by atoms with Crippen LogP contribution in [0.25, 0.3) is 0 Å². The summed E-state index contributed by atoms with van der Waals surface area (Å²) in [6.45, 7) is 9.69. The van der Waals surface area contributed by atoms with Crippen LogP contribution < -0.4 is 16.4 Å². The summed E-state index contributed by atoms with van der Waals surface area (Å²) in [5.41, 5.74) is -0.946. The molecule has 2 heterocycles. The second-order valence-electron chi connectivity index (χ2n) is 7.09. The topological polar surface area (TPSA) is 96.9 Å². The van der Waals surface area contributed by atoms with Gasteiger partial charge < -0.3 is 14.9 Å². The monoisotopic (exact) mass is 344 g/mol. The number of carbonyl (C=O) groups is 1. The van der Waals surface area contributed by atoms with Crippen LogP contribution in [0.15, 0.2) is 34.0 Å². The normalized spacial score (nSPS) is 11.6. The van der Waals surface area contributed by atoms with Gasteiger partial charge in [-0.3, -0.25) is 14.4 Å². The Morgan fingerprint density at radius 1 is 1.36 bits per heavy atom. The number of aromatic nitrogens is 3. The summed E-state index contributed by atoms with van der Waals surface area (Å²) in [5.74, 6) is 0.121. The summed E-state index contributed by atoms with van der Waals surface area (Å²) < 4.78 is 1.53. The number of aromatic amines is 1. The van der Waals surface area contributed by atoms with Gasteiger partial charge in [0.1, 0.15) is 11.4 Å². The van der Waals surface area contributed by atoms with Crippen LogP contribution in [0.2, 0.25) is 0 Å². The number of hydrogen-bond acceptors (Lipinski definition) is 4. The van der Waals surface area contributed by atoms with E-state index >= 15 is 0 Å². The van der Waals surface area contributed by atoms with Gasteiger partial charge in [0.2, 0.25) is 0 Å². The van der Waals surface area contributed by atoms with Crippen LogP contribution in [0.5, 0.6) is 0 Å². The highest BCUT2D eigenvalue weighted by Gasteiger charge is 2.27. The van der Waals surface area contributed by atoms with Crippen molar-refractivity contribution in [3.63, 3.8) is 0 Å². The Morgan fingerprint density at radius 3 is 2.64 bits per heavy atom. The molecule has 0 aliphatic carbocycles. The van der Waals surface area contributed by atoms with E-state index in [1.807, 2.05) is 13.8 Å². The van der Waals surface area contributed by atoms with Crippen molar-refractivity contribution in [2.75, 3.05) is 0 Å². The van der Waals surface area contributed by atoms with Gasteiger partial charge in [-0.15, -0.1) is 0 Å². The smallest absolute Gasteiger partial charge is 0.263 e. The Kier molecular flexibility index (Phi) is 5.25. The minimum atomic E-state index is -0.937. The van der Waals surface area contributed by atoms with Crippen LogP contribution in [-0.4, -0.2) is 20.4 Å². The number of aryl methyl sites for hydroxylation is 1. The van der Waals surface area contributed by atoms with Gasteiger partial charge in [0.25, 0.3) is 17.0 Å². The van der Waals surface area contributed by atoms with E-state index < -0.39 is 11.4 Å². The van der Waals surface area contributed by atoms with Gasteiger partial charge in [0, 0.05) is 24.5 Å². The highest BCUT2D eigenvalue weighted by molar-refractivity contribution is 5.94. The summed E-state index contributed by atoms with van der Waals surface area (Å²) in [7, 11) is 0. The van der Waals surface area contributed by atoms with Crippen LogP contribution in [0.1, 0.15) is 49.6 Å². The van der Waals surface area contributed by atoms with Crippen LogP contribution in [-0.2, 0) is 12.1 Å². The SMILES string of the molecule is Cc1cc(=O)[nH]c(C(C)(C)NC(=O)c2cccn(CC(C)C)c2=O)n1. The van der Waals surface area contributed by atoms with Gasteiger partial charge in [-0.05, 0) is 38.8 Å². The Balaban J connectivity index is 2.32. The first-order valence-corrected chi connectivity index (χ1v) is 8.20. The van der Waals surface area contributed by atoms with E-state index in [1.54, 1.807) is 33.0 Å². The maximum atomic E-state index is 12.6. The fraction of sp³-hybridized carbons (Fsp3) is 0.444. The zero-order valence-electron chi connectivity index (χ0n) is 15.2. The molecule has 0 radical (unpaired) electrons. The average Bonchev–Trinajstić information content (AvgIpc) is 2.47. The van der Waals surface area contributed by atoms with Crippen molar-refractivity contribution in [2.24, 2.45) is 5.92 Å². The molecule has 25 heavy (non-hydrogen) atoms. The molecule has 134 valence electrons. The molecule has 0 unspecified atom stereocenters. The van der Waals surface area contributed by atoms with Crippen molar-refractivity contribution in [1.82, 2.24) is 19.9 Å². The maximum Gasteiger partial charge on any atom is 0.263 e. The fourth-order valence-corrected chi connectivity index (χ4v) is 2.53. The average molecular weight is 344 g/mol. The summed E-state index contributed by atoms with van der Waals surface area (Å²) >= 11 is 0. The zero-order chi connectivity index (χ0) is 18.8. The molecule has 2 aromatic rings. The first-order chi connectivity index (χ1) is 11.6. The van der Waals surface area contributed by atoms with E-state index in [0.717, 1.165) is 0 Å². The van der Waals surface area contributed by atoms with Crippen molar-refractivity contribution >= 4 is 5.91 Å². The summed E-state index contributed by atoms with van der Waals surface area (Å²) in [5, 5.41) is 2.78. The van der Waals surface area contributed by atoms with Crippen molar-refractivity contribution < 1.29 is 4.79 Å². The lowest BCUT2D eigenvalue weighted by Crippen LogP contribution is -2.45. The van der Waals surface area contributed by atoms with E-state index in [-0.39, 0.29) is 22.6 Å². The number of H-pyrrole nitrogens is 1. The second-order valence-corrected chi connectivity index (χ2v) is 7.09. The van der Waals surface area contributed by atoms with Gasteiger partial charge in [-0.25, -0.2) is 4.98 Å². The third kappa shape index (κ3) is 4.43. The third-order valence-electron chi connectivity index (χ3n) is 3.71. The molecule has 0 saturated heterocycles. The third-order valence-corrected chi connectivity index (χ3v) is 3.71. The van der Waals surface area contributed by atoms with Gasteiger partial charge >= 0.3 is 0 Å². The van der Waals surface area contributed by atoms with E-state index in [4.69, 9.17) is 0 Å². The van der Waals surface area contributed by atoms with Crippen LogP contribution >= 0.6 is 0 Å². The molecule has 0 spiro atoms. The Morgan fingerprint density at radius 2 is 2.04 bits per heavy atom. The molecule has 2 rings (SSSR count). The fourth-order valence-electron chi connectivity index (χ4n) is 2.53. The van der Waals surface area contributed by atoms with Gasteiger partial charge in [0.15, 0.2) is 0 Å². The summed E-state index contributed by atoms with van der Waals surface area (Å²) in [4.78, 5) is 43.7. The largest absolute Gasteiger partial charge is 0.340 e. The van der Waals surface area contributed by atoms with E-state index in [0.29, 0.717) is 18.1 Å². The van der Waals surface area contributed by atoms with Crippen molar-refractivity contribution in [1.29, 1.82) is 0 Å². The molecule has 0 aliphatic rings. The van der Waals surface area contributed by atoms with Crippen LogP contribution in [0, 0.1) is 12.8 Å². The van der Waals surface area contributed by atoms with Crippen molar-refractivity contribution in [3.8, 4) is 0 Å². The van der Waals surface area contributed by atoms with E-state index in [2.05, 4.69) is 15.3 Å². The lowest BCUT2D eigenvalue weighted by molar-refractivity contribution is 0.0905. The quantitative estimate of drug-likeness (QED) is 0.860. The molecule has 7 heteroatoms. The number of rotatable bonds is 5. The maximum absolute atomic E-state index is 12.6. The first kappa shape index (κ1) is 18.6. The highest BCUT2D eigenvalue weighted by atomic mass is 16.2. The Labute approximate surface area is 146 Å². The summed E-state index contributed by atoms with van der Waals surface area (Å²) in [6.07, 6.45) is 1.67. The van der Waals surface area contributed by atoms with Gasteiger partial charge in [-0.1, -0.05) is 13.8 Å². The predicted molar refractivity (Wildman–Crippen MR) is 95.6 cm³/mol. The minimum Gasteiger partial charge on any atom is -0.340 e. The molecule has 2 N–H and O–H groups in total. The van der Waals surface area contributed by atoms with Crippen LogP contribution in [0.4, 0.5) is 0 Å². The number of nitrogens with zero attached hydrogens (tertiary/aromatic N) is 2. The van der Waals surface area contributed by atoms with E-state index in [9.17, 15) is 14.4 Å². The number of hydrogen-bond donors (Lipinski definition) is 2. The molecule has 0 aromatic carbocycles. The molecular weight excluding hydrogens is 320 g/mol. The van der Waals surface area contributed by atoms with E-state index in [1.165, 1.54) is 16.7 Å².